The molecule has 0 atom stereocenters. The number of nitrogens with zero attached hydrogens (tertiary/aromatic N) is 1. The van der Waals surface area contributed by atoms with E-state index in [4.69, 9.17) is 16.9 Å². The van der Waals surface area contributed by atoms with Crippen molar-refractivity contribution in [1.29, 1.82) is 5.41 Å². The molecule has 0 unspecified atom stereocenters. The van der Waals surface area contributed by atoms with Gasteiger partial charge in [-0.25, -0.2) is 0 Å². The summed E-state index contributed by atoms with van der Waals surface area (Å²) < 4.78 is 1.90. The summed E-state index contributed by atoms with van der Waals surface area (Å²) in [5.41, 5.74) is 15.2. The van der Waals surface area contributed by atoms with Gasteiger partial charge >= 0.3 is 0 Å². The Morgan fingerprint density at radius 3 is 2.53 bits per heavy atom. The third-order valence-corrected chi connectivity index (χ3v) is 6.82. The number of benzene rings is 3. The molecule has 0 spiro atoms. The first-order valence-corrected chi connectivity index (χ1v) is 11.6. The maximum Gasteiger partial charge on any atom is 0.268 e. The van der Waals surface area contributed by atoms with Crippen molar-refractivity contribution in [3.8, 4) is 5.69 Å². The van der Waals surface area contributed by atoms with Crippen LogP contribution in [0.15, 0.2) is 60.7 Å². The number of amidine groups is 1. The normalized spacial score (nSPS) is 18.3. The molecule has 4 aromatic rings. The first kappa shape index (κ1) is 22.1. The molecule has 0 bridgehead atoms. The van der Waals surface area contributed by atoms with Crippen LogP contribution >= 0.6 is 0 Å². The van der Waals surface area contributed by atoms with Gasteiger partial charge in [-0.2, -0.15) is 0 Å². The molecule has 5 rings (SSSR count). The first-order valence-electron chi connectivity index (χ1n) is 11.6. The summed E-state index contributed by atoms with van der Waals surface area (Å²) in [7, 11) is 0. The molecular formula is C27H29N5O2. The highest BCUT2D eigenvalue weighted by Gasteiger charge is 2.24. The summed E-state index contributed by atoms with van der Waals surface area (Å²) >= 11 is 0. The Kier molecular flexibility index (Phi) is 5.81. The topological polar surface area (TPSA) is 130 Å². The maximum absolute atomic E-state index is 13.5. The van der Waals surface area contributed by atoms with Gasteiger partial charge in [0.05, 0.1) is 12.1 Å². The highest BCUT2D eigenvalue weighted by atomic mass is 16.3. The van der Waals surface area contributed by atoms with Crippen LogP contribution in [-0.4, -0.2) is 33.5 Å². The third kappa shape index (κ3) is 4.04. The van der Waals surface area contributed by atoms with Gasteiger partial charge < -0.3 is 26.5 Å². The molecule has 0 aliphatic heterocycles. The van der Waals surface area contributed by atoms with Crippen molar-refractivity contribution in [2.75, 3.05) is 0 Å². The number of fused-ring (bicyclic) bond motifs is 2. The lowest BCUT2D eigenvalue weighted by molar-refractivity contribution is 0.0919. The molecular weight excluding hydrogens is 426 g/mol. The van der Waals surface area contributed by atoms with E-state index in [-0.39, 0.29) is 30.4 Å². The van der Waals surface area contributed by atoms with Crippen LogP contribution in [0.2, 0.25) is 0 Å². The molecule has 174 valence electrons. The van der Waals surface area contributed by atoms with Crippen molar-refractivity contribution in [3.05, 3.63) is 77.5 Å². The highest BCUT2D eigenvalue weighted by Crippen LogP contribution is 2.30. The lowest BCUT2D eigenvalue weighted by Gasteiger charge is -2.27. The fourth-order valence-electron chi connectivity index (χ4n) is 4.97. The molecule has 1 fully saturated rings. The van der Waals surface area contributed by atoms with E-state index < -0.39 is 0 Å². The summed E-state index contributed by atoms with van der Waals surface area (Å²) in [5.74, 6) is -0.187. The number of nitrogens with two attached hydrogens (primary N) is 2. The van der Waals surface area contributed by atoms with Crippen LogP contribution < -0.4 is 16.8 Å². The molecule has 0 saturated heterocycles. The van der Waals surface area contributed by atoms with E-state index in [1.807, 2.05) is 59.2 Å². The van der Waals surface area contributed by atoms with Gasteiger partial charge in [0.1, 0.15) is 11.5 Å². The minimum atomic E-state index is -0.153. The van der Waals surface area contributed by atoms with E-state index in [0.717, 1.165) is 58.6 Å². The van der Waals surface area contributed by atoms with Crippen LogP contribution in [0.4, 0.5) is 0 Å². The zero-order valence-corrected chi connectivity index (χ0v) is 18.9. The van der Waals surface area contributed by atoms with Gasteiger partial charge in [0.2, 0.25) is 0 Å². The number of hydrogen-bond donors (Lipinski definition) is 5. The van der Waals surface area contributed by atoms with Crippen LogP contribution in [0.5, 0.6) is 0 Å². The summed E-state index contributed by atoms with van der Waals surface area (Å²) in [4.78, 5) is 13.5. The number of nitrogen functional groups attached to an aromatic ring is 1. The Morgan fingerprint density at radius 2 is 1.79 bits per heavy atom. The average molecular weight is 456 g/mol. The molecule has 3 aromatic carbocycles. The van der Waals surface area contributed by atoms with Gasteiger partial charge in [-0.3, -0.25) is 10.2 Å². The number of aliphatic hydroxyl groups excluding tert-OH is 1. The van der Waals surface area contributed by atoms with Gasteiger partial charge in [-0.1, -0.05) is 36.4 Å². The van der Waals surface area contributed by atoms with Crippen LogP contribution in [-0.2, 0) is 6.61 Å². The van der Waals surface area contributed by atoms with Crippen LogP contribution in [0.1, 0.15) is 47.3 Å². The lowest BCUT2D eigenvalue weighted by atomic mass is 9.92. The number of nitrogens with one attached hydrogen (secondary N) is 2. The minimum Gasteiger partial charge on any atom is -0.392 e. The Labute approximate surface area is 197 Å². The zero-order chi connectivity index (χ0) is 23.8. The molecule has 1 aliphatic rings. The number of rotatable bonds is 5. The molecule has 1 aromatic heterocycles. The van der Waals surface area contributed by atoms with Crippen LogP contribution in [0.3, 0.4) is 0 Å². The third-order valence-electron chi connectivity index (χ3n) is 6.82. The number of carbonyl (C=O) groups excluding carboxylic acids is 1. The van der Waals surface area contributed by atoms with Gasteiger partial charge in [0.15, 0.2) is 0 Å². The van der Waals surface area contributed by atoms with E-state index in [9.17, 15) is 9.90 Å². The van der Waals surface area contributed by atoms with Crippen molar-refractivity contribution < 1.29 is 9.90 Å². The van der Waals surface area contributed by atoms with Gasteiger partial charge in [-0.15, -0.1) is 0 Å². The fraction of sp³-hybridized carbons (Fsp3) is 0.259. The van der Waals surface area contributed by atoms with E-state index in [2.05, 4.69) is 5.32 Å². The molecule has 34 heavy (non-hydrogen) atoms. The molecule has 7 heteroatoms. The molecule has 0 radical (unpaired) electrons. The SMILES string of the molecule is N=C(N)c1ccc2cc(C(=O)N[C@H]3CC[C@H](N)CC3)n(-c3cc(CO)c4ccccc4c3)c2c1. The number of aromatic nitrogens is 1. The number of hydrogen-bond acceptors (Lipinski definition) is 4. The van der Waals surface area contributed by atoms with Gasteiger partial charge in [-0.05, 0) is 66.3 Å². The highest BCUT2D eigenvalue weighted by molar-refractivity contribution is 6.03. The Balaban J connectivity index is 1.67. The molecule has 7 N–H and O–H groups in total. The lowest BCUT2D eigenvalue weighted by Crippen LogP contribution is -2.41. The Bertz CT molecular complexity index is 1400. The summed E-state index contributed by atoms with van der Waals surface area (Å²) in [6.45, 7) is -0.115. The average Bonchev–Trinajstić information content (AvgIpc) is 3.23. The second-order valence-electron chi connectivity index (χ2n) is 9.12. The summed E-state index contributed by atoms with van der Waals surface area (Å²) in [6.07, 6.45) is 3.54. The molecule has 1 aliphatic carbocycles. The molecule has 1 heterocycles. The number of carbonyl (C=O) groups is 1. The monoisotopic (exact) mass is 455 g/mol. The van der Waals surface area contributed by atoms with Crippen LogP contribution in [0, 0.1) is 5.41 Å². The van der Waals surface area contributed by atoms with E-state index in [1.165, 1.54) is 0 Å². The molecule has 7 nitrogen and oxygen atoms in total. The quantitative estimate of drug-likeness (QED) is 0.233. The second kappa shape index (κ2) is 8.93. The van der Waals surface area contributed by atoms with E-state index in [0.29, 0.717) is 11.3 Å². The van der Waals surface area contributed by atoms with E-state index in [1.54, 1.807) is 6.07 Å². The molecule has 1 amide bonds. The second-order valence-corrected chi connectivity index (χ2v) is 9.12. The Morgan fingerprint density at radius 1 is 1.03 bits per heavy atom. The molecule has 1 saturated carbocycles. The van der Waals surface area contributed by atoms with Crippen LogP contribution in [0.25, 0.3) is 27.4 Å². The number of aliphatic hydroxyl groups is 1. The van der Waals surface area contributed by atoms with Crippen molar-refractivity contribution in [2.24, 2.45) is 11.5 Å². The van der Waals surface area contributed by atoms with Gasteiger partial charge in [0, 0.05) is 28.7 Å². The first-order chi connectivity index (χ1) is 16.4. The van der Waals surface area contributed by atoms with Crippen molar-refractivity contribution in [2.45, 2.75) is 44.4 Å². The fourth-order valence-corrected chi connectivity index (χ4v) is 4.97. The predicted molar refractivity (Wildman–Crippen MR) is 135 cm³/mol. The maximum atomic E-state index is 13.5. The van der Waals surface area contributed by atoms with Crippen molar-refractivity contribution in [1.82, 2.24) is 9.88 Å². The summed E-state index contributed by atoms with van der Waals surface area (Å²) in [6, 6.07) is 19.5. The minimum absolute atomic E-state index is 0.0336. The zero-order valence-electron chi connectivity index (χ0n) is 18.9. The Hall–Kier alpha value is -3.68. The predicted octanol–water partition coefficient (Wildman–Crippen LogP) is 3.56. The summed E-state index contributed by atoms with van der Waals surface area (Å²) in [5, 5.41) is 24.0. The van der Waals surface area contributed by atoms with Gasteiger partial charge in [0.25, 0.3) is 5.91 Å². The van der Waals surface area contributed by atoms with Crippen molar-refractivity contribution >= 4 is 33.4 Å². The van der Waals surface area contributed by atoms with E-state index >= 15 is 0 Å². The largest absolute Gasteiger partial charge is 0.392 e. The van der Waals surface area contributed by atoms with Crippen molar-refractivity contribution in [3.63, 3.8) is 0 Å². The smallest absolute Gasteiger partial charge is 0.268 e. The standard InChI is InChI=1S/C27H29N5O2/c28-20-7-9-21(10-8-20)31-27(34)25-13-17-5-6-18(26(29)30)14-24(17)32(25)22-11-16-3-1-2-4-23(16)19(12-22)15-33/h1-6,11-14,20-21,33H,7-10,15,28H2,(H3,29,30)(H,31,34)/t20-,21-. The number of amides is 1.